The van der Waals surface area contributed by atoms with Crippen LogP contribution < -0.4 is 11.3 Å². The lowest BCUT2D eigenvalue weighted by Crippen LogP contribution is -2.24. The van der Waals surface area contributed by atoms with E-state index in [0.717, 1.165) is 21.8 Å². The van der Waals surface area contributed by atoms with Crippen molar-refractivity contribution in [3.63, 3.8) is 0 Å². The summed E-state index contributed by atoms with van der Waals surface area (Å²) in [5, 5.41) is 4.14. The van der Waals surface area contributed by atoms with Crippen molar-refractivity contribution < 1.29 is 4.79 Å². The number of hydrogen-bond donors (Lipinski definition) is 1. The summed E-state index contributed by atoms with van der Waals surface area (Å²) in [6.45, 7) is 0.453. The third kappa shape index (κ3) is 4.64. The second kappa shape index (κ2) is 9.62. The highest BCUT2D eigenvalue weighted by atomic mass is 32.2. The Bertz CT molecular complexity index is 1530. The molecular weight excluding hydrogens is 464 g/mol. The molecule has 2 heterocycles. The van der Waals surface area contributed by atoms with Gasteiger partial charge in [0.15, 0.2) is 5.16 Å². The third-order valence-electron chi connectivity index (χ3n) is 5.33. The minimum atomic E-state index is -0.452. The molecule has 168 valence electrons. The molecule has 0 aliphatic rings. The molecule has 0 atom stereocenters. The van der Waals surface area contributed by atoms with Crippen LogP contribution >= 0.6 is 23.1 Å². The van der Waals surface area contributed by atoms with E-state index in [1.54, 1.807) is 16.7 Å². The average Bonchev–Trinajstić information content (AvgIpc) is 3.34. The van der Waals surface area contributed by atoms with Gasteiger partial charge in [-0.25, -0.2) is 9.97 Å². The lowest BCUT2D eigenvalue weighted by atomic mass is 10.1. The molecule has 0 radical (unpaired) electrons. The predicted octanol–water partition coefficient (Wildman–Crippen LogP) is 4.96. The SMILES string of the molecule is NC(=O)c1ccc(-c2nc(CSc3nc4ccccc4c(=O)n3Cc3ccccc3)cs2)cc1. The molecule has 0 aliphatic heterocycles. The van der Waals surface area contributed by atoms with Crippen molar-refractivity contribution in [2.45, 2.75) is 17.5 Å². The van der Waals surface area contributed by atoms with Crippen LogP contribution in [-0.2, 0) is 12.3 Å². The molecule has 5 rings (SSSR count). The monoisotopic (exact) mass is 484 g/mol. The first-order valence-electron chi connectivity index (χ1n) is 10.6. The van der Waals surface area contributed by atoms with E-state index in [1.807, 2.05) is 72.1 Å². The van der Waals surface area contributed by atoms with E-state index < -0.39 is 5.91 Å². The number of rotatable bonds is 7. The maximum atomic E-state index is 13.3. The smallest absolute Gasteiger partial charge is 0.262 e. The van der Waals surface area contributed by atoms with E-state index in [1.165, 1.54) is 23.1 Å². The molecule has 1 amide bonds. The highest BCUT2D eigenvalue weighted by Gasteiger charge is 2.14. The third-order valence-corrected chi connectivity index (χ3v) is 7.28. The fourth-order valence-corrected chi connectivity index (χ4v) is 5.41. The number of nitrogens with two attached hydrogens (primary N) is 1. The number of hydrogen-bond acceptors (Lipinski definition) is 6. The van der Waals surface area contributed by atoms with Gasteiger partial charge in [0, 0.05) is 22.3 Å². The van der Waals surface area contributed by atoms with Crippen molar-refractivity contribution in [1.29, 1.82) is 0 Å². The van der Waals surface area contributed by atoms with Crippen LogP contribution in [0.3, 0.4) is 0 Å². The zero-order valence-electron chi connectivity index (χ0n) is 18.0. The molecular formula is C26H20N4O2S2. The lowest BCUT2D eigenvalue weighted by Gasteiger charge is -2.13. The van der Waals surface area contributed by atoms with Crippen molar-refractivity contribution in [1.82, 2.24) is 14.5 Å². The number of carbonyl (C=O) groups is 1. The summed E-state index contributed by atoms with van der Waals surface area (Å²) in [6.07, 6.45) is 0. The Morgan fingerprint density at radius 3 is 2.44 bits per heavy atom. The van der Waals surface area contributed by atoms with Crippen LogP contribution in [0.25, 0.3) is 21.5 Å². The molecule has 5 aromatic rings. The number of carbonyl (C=O) groups excluding carboxylic acids is 1. The van der Waals surface area contributed by atoms with E-state index >= 15 is 0 Å². The van der Waals surface area contributed by atoms with Crippen molar-refractivity contribution >= 4 is 39.9 Å². The van der Waals surface area contributed by atoms with Crippen LogP contribution in [0.15, 0.2) is 94.2 Å². The zero-order valence-corrected chi connectivity index (χ0v) is 19.7. The van der Waals surface area contributed by atoms with Gasteiger partial charge in [-0.15, -0.1) is 11.3 Å². The summed E-state index contributed by atoms with van der Waals surface area (Å²) in [7, 11) is 0. The average molecular weight is 485 g/mol. The number of fused-ring (bicyclic) bond motifs is 1. The zero-order chi connectivity index (χ0) is 23.5. The Kier molecular flexibility index (Phi) is 6.24. The number of thioether (sulfide) groups is 1. The summed E-state index contributed by atoms with van der Waals surface area (Å²) < 4.78 is 1.73. The van der Waals surface area contributed by atoms with Crippen molar-refractivity contribution in [3.05, 3.63) is 111 Å². The molecule has 3 aromatic carbocycles. The molecule has 34 heavy (non-hydrogen) atoms. The number of thiazole rings is 1. The Labute approximate surface area is 204 Å². The van der Waals surface area contributed by atoms with E-state index in [2.05, 4.69) is 0 Å². The highest BCUT2D eigenvalue weighted by Crippen LogP contribution is 2.28. The maximum Gasteiger partial charge on any atom is 0.262 e. The van der Waals surface area contributed by atoms with Crippen molar-refractivity contribution in [2.75, 3.05) is 0 Å². The fourth-order valence-electron chi connectivity index (χ4n) is 3.58. The first-order valence-corrected chi connectivity index (χ1v) is 12.5. The summed E-state index contributed by atoms with van der Waals surface area (Å²) in [4.78, 5) is 34.1. The highest BCUT2D eigenvalue weighted by molar-refractivity contribution is 7.98. The molecule has 0 saturated carbocycles. The molecule has 2 N–H and O–H groups in total. The summed E-state index contributed by atoms with van der Waals surface area (Å²) in [6, 6.07) is 24.4. The largest absolute Gasteiger partial charge is 0.366 e. The van der Waals surface area contributed by atoms with Crippen LogP contribution in [0.4, 0.5) is 0 Å². The maximum absolute atomic E-state index is 13.3. The van der Waals surface area contributed by atoms with Crippen LogP contribution in [0.5, 0.6) is 0 Å². The predicted molar refractivity (Wildman–Crippen MR) is 137 cm³/mol. The Balaban J connectivity index is 1.42. The quantitative estimate of drug-likeness (QED) is 0.260. The van der Waals surface area contributed by atoms with Gasteiger partial charge in [-0.05, 0) is 29.8 Å². The molecule has 0 aliphatic carbocycles. The number of benzene rings is 3. The normalized spacial score (nSPS) is 11.1. The standard InChI is InChI=1S/C26H20N4O2S2/c27-23(31)18-10-12-19(13-11-18)24-28-20(15-33-24)16-34-26-29-22-9-5-4-8-21(22)25(32)30(26)14-17-6-2-1-3-7-17/h1-13,15H,14,16H2,(H2,27,31). The fraction of sp³-hybridized carbons (Fsp3) is 0.0769. The van der Waals surface area contributed by atoms with Gasteiger partial charge in [0.25, 0.3) is 5.56 Å². The van der Waals surface area contributed by atoms with Gasteiger partial charge in [0.2, 0.25) is 5.91 Å². The summed E-state index contributed by atoms with van der Waals surface area (Å²) in [5.74, 6) is 0.127. The molecule has 0 spiro atoms. The van der Waals surface area contributed by atoms with Gasteiger partial charge in [0.1, 0.15) is 5.01 Å². The van der Waals surface area contributed by atoms with Crippen LogP contribution in [0.1, 0.15) is 21.6 Å². The Morgan fingerprint density at radius 2 is 1.68 bits per heavy atom. The van der Waals surface area contributed by atoms with Crippen LogP contribution in [-0.4, -0.2) is 20.4 Å². The van der Waals surface area contributed by atoms with Gasteiger partial charge in [-0.3, -0.25) is 14.2 Å². The van der Waals surface area contributed by atoms with Crippen molar-refractivity contribution in [3.8, 4) is 10.6 Å². The molecule has 0 bridgehead atoms. The molecule has 8 heteroatoms. The molecule has 6 nitrogen and oxygen atoms in total. The number of para-hydroxylation sites is 1. The Morgan fingerprint density at radius 1 is 0.941 bits per heavy atom. The van der Waals surface area contributed by atoms with E-state index in [4.69, 9.17) is 15.7 Å². The topological polar surface area (TPSA) is 90.9 Å². The van der Waals surface area contributed by atoms with E-state index in [-0.39, 0.29) is 5.56 Å². The van der Waals surface area contributed by atoms with Gasteiger partial charge in [-0.1, -0.05) is 66.4 Å². The molecule has 0 fully saturated rings. The first kappa shape index (κ1) is 22.1. The first-order chi connectivity index (χ1) is 16.6. The molecule has 0 unspecified atom stereocenters. The minimum absolute atomic E-state index is 0.0505. The lowest BCUT2D eigenvalue weighted by molar-refractivity contribution is 0.100. The summed E-state index contributed by atoms with van der Waals surface area (Å²) >= 11 is 3.03. The minimum Gasteiger partial charge on any atom is -0.366 e. The van der Waals surface area contributed by atoms with Gasteiger partial charge in [0.05, 0.1) is 23.1 Å². The van der Waals surface area contributed by atoms with Gasteiger partial charge in [-0.2, -0.15) is 0 Å². The second-order valence-corrected chi connectivity index (χ2v) is 9.46. The van der Waals surface area contributed by atoms with E-state index in [9.17, 15) is 9.59 Å². The molecule has 2 aromatic heterocycles. The van der Waals surface area contributed by atoms with Crippen molar-refractivity contribution in [2.24, 2.45) is 5.73 Å². The van der Waals surface area contributed by atoms with Crippen LogP contribution in [0.2, 0.25) is 0 Å². The van der Waals surface area contributed by atoms with Gasteiger partial charge >= 0.3 is 0 Å². The molecule has 0 saturated heterocycles. The second-order valence-electron chi connectivity index (χ2n) is 7.66. The number of primary amides is 1. The van der Waals surface area contributed by atoms with E-state index in [0.29, 0.717) is 33.9 Å². The Hall–Kier alpha value is -3.75. The number of nitrogens with zero attached hydrogens (tertiary/aromatic N) is 3. The number of amides is 1. The van der Waals surface area contributed by atoms with Crippen LogP contribution in [0, 0.1) is 0 Å². The van der Waals surface area contributed by atoms with Gasteiger partial charge < -0.3 is 5.73 Å². The summed E-state index contributed by atoms with van der Waals surface area (Å²) in [5.41, 5.74) is 9.30. The number of aromatic nitrogens is 3.